The van der Waals surface area contributed by atoms with Crippen LogP contribution in [0.15, 0.2) is 24.3 Å². The fourth-order valence-corrected chi connectivity index (χ4v) is 1.82. The van der Waals surface area contributed by atoms with Crippen molar-refractivity contribution in [3.05, 3.63) is 29.8 Å². The first-order chi connectivity index (χ1) is 7.31. The molecule has 2 rings (SSSR count). The van der Waals surface area contributed by atoms with E-state index in [1.807, 2.05) is 12.1 Å². The van der Waals surface area contributed by atoms with Crippen LogP contribution in [0.2, 0.25) is 0 Å². The first-order valence-corrected chi connectivity index (χ1v) is 5.34. The van der Waals surface area contributed by atoms with Crippen molar-refractivity contribution in [2.24, 2.45) is 0 Å². The molecule has 0 radical (unpaired) electrons. The Labute approximate surface area is 91.0 Å². The summed E-state index contributed by atoms with van der Waals surface area (Å²) in [6.45, 7) is 3.16. The van der Waals surface area contributed by atoms with Gasteiger partial charge in [-0.2, -0.15) is 0 Å². The van der Waals surface area contributed by atoms with Crippen LogP contribution in [0.25, 0.3) is 0 Å². The summed E-state index contributed by atoms with van der Waals surface area (Å²) < 4.78 is 5.34. The summed E-state index contributed by atoms with van der Waals surface area (Å²) in [5.74, 6) is 0.983. The lowest BCUT2D eigenvalue weighted by molar-refractivity contribution is 0.171. The van der Waals surface area contributed by atoms with Crippen LogP contribution in [-0.4, -0.2) is 38.2 Å². The minimum Gasteiger partial charge on any atom is -0.496 e. The number of methoxy groups -OCH3 is 1. The molecule has 82 valence electrons. The number of para-hydroxylation sites is 1. The van der Waals surface area contributed by atoms with Crippen molar-refractivity contribution in [1.29, 1.82) is 0 Å². The Morgan fingerprint density at radius 1 is 1.40 bits per heavy atom. The van der Waals surface area contributed by atoms with Gasteiger partial charge in [-0.3, -0.25) is 4.90 Å². The van der Waals surface area contributed by atoms with E-state index in [9.17, 15) is 0 Å². The maximum absolute atomic E-state index is 5.34. The lowest BCUT2D eigenvalue weighted by Crippen LogP contribution is -2.55. The van der Waals surface area contributed by atoms with Crippen LogP contribution in [0.4, 0.5) is 0 Å². The van der Waals surface area contributed by atoms with E-state index in [0.29, 0.717) is 6.04 Å². The van der Waals surface area contributed by atoms with E-state index < -0.39 is 0 Å². The molecule has 1 heterocycles. The maximum atomic E-state index is 5.34. The largest absolute Gasteiger partial charge is 0.496 e. The Bertz CT molecular complexity index is 323. The van der Waals surface area contributed by atoms with E-state index in [0.717, 1.165) is 25.4 Å². The molecule has 0 bridgehead atoms. The first kappa shape index (κ1) is 10.5. The summed E-state index contributed by atoms with van der Waals surface area (Å²) in [6.07, 6.45) is 0. The van der Waals surface area contributed by atoms with Gasteiger partial charge in [0.15, 0.2) is 0 Å². The van der Waals surface area contributed by atoms with Gasteiger partial charge in [-0.1, -0.05) is 18.2 Å². The monoisotopic (exact) mass is 206 g/mol. The average Bonchev–Trinajstić information content (AvgIpc) is 2.15. The van der Waals surface area contributed by atoms with E-state index in [1.54, 1.807) is 7.11 Å². The Morgan fingerprint density at radius 3 is 2.73 bits per heavy atom. The highest BCUT2D eigenvalue weighted by Crippen LogP contribution is 2.19. The van der Waals surface area contributed by atoms with Gasteiger partial charge in [0, 0.05) is 31.2 Å². The van der Waals surface area contributed by atoms with E-state index >= 15 is 0 Å². The van der Waals surface area contributed by atoms with Crippen LogP contribution in [0.1, 0.15) is 5.56 Å². The molecule has 1 aliphatic rings. The van der Waals surface area contributed by atoms with E-state index in [2.05, 4.69) is 29.4 Å². The normalized spacial score (nSPS) is 16.5. The van der Waals surface area contributed by atoms with Gasteiger partial charge in [0.1, 0.15) is 5.75 Å². The molecule has 1 N–H and O–H groups in total. The number of hydrogen-bond acceptors (Lipinski definition) is 3. The third kappa shape index (κ3) is 2.30. The van der Waals surface area contributed by atoms with Crippen molar-refractivity contribution in [3.8, 4) is 5.75 Å². The smallest absolute Gasteiger partial charge is 0.123 e. The van der Waals surface area contributed by atoms with Crippen LogP contribution in [-0.2, 0) is 6.54 Å². The summed E-state index contributed by atoms with van der Waals surface area (Å²) >= 11 is 0. The summed E-state index contributed by atoms with van der Waals surface area (Å²) in [5.41, 5.74) is 1.26. The standard InChI is InChI=1S/C12H18N2O/c1-14(11-7-13-8-11)9-10-5-3-4-6-12(10)15-2/h3-6,11,13H,7-9H2,1-2H3. The van der Waals surface area contributed by atoms with Gasteiger partial charge >= 0.3 is 0 Å². The summed E-state index contributed by atoms with van der Waals surface area (Å²) in [6, 6.07) is 8.89. The molecule has 0 aliphatic carbocycles. The van der Waals surface area contributed by atoms with Crippen molar-refractivity contribution >= 4 is 0 Å². The number of rotatable bonds is 4. The number of hydrogen-bond donors (Lipinski definition) is 1. The number of nitrogens with zero attached hydrogens (tertiary/aromatic N) is 1. The molecule has 0 saturated carbocycles. The molecule has 1 fully saturated rings. The molecule has 1 aromatic carbocycles. The molecule has 0 atom stereocenters. The second-order valence-corrected chi connectivity index (χ2v) is 4.04. The molecule has 1 aliphatic heterocycles. The van der Waals surface area contributed by atoms with Crippen LogP contribution < -0.4 is 10.1 Å². The van der Waals surface area contributed by atoms with Crippen LogP contribution >= 0.6 is 0 Å². The highest BCUT2D eigenvalue weighted by Gasteiger charge is 2.21. The van der Waals surface area contributed by atoms with Gasteiger partial charge in [0.05, 0.1) is 7.11 Å². The molecule has 3 heteroatoms. The molecule has 0 spiro atoms. The van der Waals surface area contributed by atoms with Crippen molar-refractivity contribution in [3.63, 3.8) is 0 Å². The SMILES string of the molecule is COc1ccccc1CN(C)C1CNC1. The van der Waals surface area contributed by atoms with Gasteiger partial charge < -0.3 is 10.1 Å². The molecule has 0 aromatic heterocycles. The minimum atomic E-state index is 0.676. The highest BCUT2D eigenvalue weighted by atomic mass is 16.5. The second-order valence-electron chi connectivity index (χ2n) is 4.04. The fourth-order valence-electron chi connectivity index (χ4n) is 1.82. The zero-order valence-electron chi connectivity index (χ0n) is 9.36. The van der Waals surface area contributed by atoms with Gasteiger partial charge in [-0.25, -0.2) is 0 Å². The molecule has 1 aromatic rings. The minimum absolute atomic E-state index is 0.676. The number of nitrogens with one attached hydrogen (secondary N) is 1. The molecule has 0 unspecified atom stereocenters. The Balaban J connectivity index is 2.02. The Morgan fingerprint density at radius 2 is 2.13 bits per heavy atom. The zero-order chi connectivity index (χ0) is 10.7. The third-order valence-electron chi connectivity index (χ3n) is 3.00. The molecule has 15 heavy (non-hydrogen) atoms. The van der Waals surface area contributed by atoms with Crippen LogP contribution in [0.3, 0.4) is 0 Å². The fraction of sp³-hybridized carbons (Fsp3) is 0.500. The Hall–Kier alpha value is -1.06. The first-order valence-electron chi connectivity index (χ1n) is 5.34. The second kappa shape index (κ2) is 4.64. The lowest BCUT2D eigenvalue weighted by atomic mass is 10.1. The van der Waals surface area contributed by atoms with Gasteiger partial charge in [0.25, 0.3) is 0 Å². The summed E-state index contributed by atoms with van der Waals surface area (Å²) in [5, 5.41) is 3.28. The molecule has 0 amide bonds. The van der Waals surface area contributed by atoms with E-state index in [-0.39, 0.29) is 0 Å². The van der Waals surface area contributed by atoms with Crippen LogP contribution in [0.5, 0.6) is 5.75 Å². The highest BCUT2D eigenvalue weighted by molar-refractivity contribution is 5.33. The predicted octanol–water partition coefficient (Wildman–Crippen LogP) is 1.10. The van der Waals surface area contributed by atoms with Gasteiger partial charge in [0.2, 0.25) is 0 Å². The van der Waals surface area contributed by atoms with Crippen molar-refractivity contribution in [2.45, 2.75) is 12.6 Å². The molecule has 3 nitrogen and oxygen atoms in total. The number of benzene rings is 1. The van der Waals surface area contributed by atoms with Crippen LogP contribution in [0, 0.1) is 0 Å². The Kier molecular flexibility index (Phi) is 3.23. The van der Waals surface area contributed by atoms with E-state index in [1.165, 1.54) is 5.56 Å². The number of ether oxygens (including phenoxy) is 1. The third-order valence-corrected chi connectivity index (χ3v) is 3.00. The maximum Gasteiger partial charge on any atom is 0.123 e. The summed E-state index contributed by atoms with van der Waals surface area (Å²) in [4.78, 5) is 2.37. The van der Waals surface area contributed by atoms with Crippen molar-refractivity contribution in [1.82, 2.24) is 10.2 Å². The molecule has 1 saturated heterocycles. The quantitative estimate of drug-likeness (QED) is 0.798. The average molecular weight is 206 g/mol. The number of likely N-dealkylation sites (N-methyl/N-ethyl adjacent to an activating group) is 1. The summed E-state index contributed by atoms with van der Waals surface area (Å²) in [7, 11) is 3.89. The zero-order valence-corrected chi connectivity index (χ0v) is 9.36. The molecular formula is C12H18N2O. The topological polar surface area (TPSA) is 24.5 Å². The van der Waals surface area contributed by atoms with Gasteiger partial charge in [-0.05, 0) is 13.1 Å². The van der Waals surface area contributed by atoms with Gasteiger partial charge in [-0.15, -0.1) is 0 Å². The lowest BCUT2D eigenvalue weighted by Gasteiger charge is -2.35. The molecular weight excluding hydrogens is 188 g/mol. The van der Waals surface area contributed by atoms with E-state index in [4.69, 9.17) is 4.74 Å². The van der Waals surface area contributed by atoms with Crippen molar-refractivity contribution < 1.29 is 4.74 Å². The predicted molar refractivity (Wildman–Crippen MR) is 61.1 cm³/mol. The van der Waals surface area contributed by atoms with Crippen molar-refractivity contribution in [2.75, 3.05) is 27.2 Å².